The van der Waals surface area contributed by atoms with Gasteiger partial charge in [0.2, 0.25) is 0 Å². The summed E-state index contributed by atoms with van der Waals surface area (Å²) in [5.74, 6) is 0.822. The lowest BCUT2D eigenvalue weighted by atomic mass is 9.88. The van der Waals surface area contributed by atoms with Gasteiger partial charge in [0.05, 0.1) is 19.7 Å². The van der Waals surface area contributed by atoms with Crippen LogP contribution in [0.25, 0.3) is 10.9 Å². The maximum Gasteiger partial charge on any atom is 0.251 e. The first-order valence-corrected chi connectivity index (χ1v) is 12.0. The molecule has 7 heteroatoms. The summed E-state index contributed by atoms with van der Waals surface area (Å²) in [4.78, 5) is 18.8. The van der Waals surface area contributed by atoms with Gasteiger partial charge < -0.3 is 19.4 Å². The Bertz CT molecular complexity index is 1170. The van der Waals surface area contributed by atoms with Crippen LogP contribution in [0.2, 0.25) is 0 Å². The Hall–Kier alpha value is -2.93. The number of piperidine rings is 1. The van der Waals surface area contributed by atoms with Crippen LogP contribution in [0.1, 0.15) is 42.6 Å². The summed E-state index contributed by atoms with van der Waals surface area (Å²) in [6.45, 7) is 3.36. The zero-order chi connectivity index (χ0) is 23.8. The first-order valence-electron chi connectivity index (χ1n) is 12.0. The number of fused-ring (bicyclic) bond motifs is 3. The number of hydrogen-bond acceptors (Lipinski definition) is 4. The van der Waals surface area contributed by atoms with E-state index in [1.807, 2.05) is 42.2 Å². The van der Waals surface area contributed by atoms with Crippen LogP contribution < -0.4 is 9.64 Å². The number of halogens is 2. The molecule has 1 aromatic heterocycles. The van der Waals surface area contributed by atoms with Gasteiger partial charge in [-0.15, -0.1) is 0 Å². The summed E-state index contributed by atoms with van der Waals surface area (Å²) in [5.41, 5.74) is 5.11. The molecule has 0 radical (unpaired) electrons. The molecule has 0 spiro atoms. The molecule has 1 unspecified atom stereocenters. The number of hydrogen-bond donors (Lipinski definition) is 1. The lowest BCUT2D eigenvalue weighted by Gasteiger charge is -2.41. The first kappa shape index (κ1) is 22.8. The van der Waals surface area contributed by atoms with Crippen molar-refractivity contribution in [2.75, 3.05) is 31.6 Å². The van der Waals surface area contributed by atoms with E-state index in [1.54, 1.807) is 7.11 Å². The number of aromatic amines is 1. The van der Waals surface area contributed by atoms with E-state index >= 15 is 0 Å². The van der Waals surface area contributed by atoms with Crippen molar-refractivity contribution < 1.29 is 18.3 Å². The number of ether oxygens (including phenoxy) is 1. The Morgan fingerprint density at radius 3 is 2.65 bits per heavy atom. The number of rotatable bonds is 6. The summed E-state index contributed by atoms with van der Waals surface area (Å²) in [6.07, 6.45) is 1.03. The van der Waals surface area contributed by atoms with Gasteiger partial charge in [-0.2, -0.15) is 0 Å². The van der Waals surface area contributed by atoms with Gasteiger partial charge >= 0.3 is 0 Å². The maximum absolute atomic E-state index is 13.7. The maximum atomic E-state index is 13.7. The third kappa shape index (κ3) is 4.06. The number of benzene rings is 2. The van der Waals surface area contributed by atoms with E-state index in [4.69, 9.17) is 4.74 Å². The second-order valence-corrected chi connectivity index (χ2v) is 9.49. The number of carbonyl (C=O) groups is 1. The monoisotopic (exact) mass is 467 g/mol. The number of H-pyrrole nitrogens is 1. The number of carbonyl (C=O) groups excluding carboxylic acids is 1. The molecule has 0 amide bonds. The Labute approximate surface area is 198 Å². The summed E-state index contributed by atoms with van der Waals surface area (Å²) in [6, 6.07) is 13.8. The minimum atomic E-state index is -2.43. The first-order chi connectivity index (χ1) is 16.5. The molecule has 1 N–H and O–H groups in total. The third-order valence-electron chi connectivity index (χ3n) is 7.48. The number of methoxy groups -OCH3 is 1. The van der Waals surface area contributed by atoms with Gasteiger partial charge in [0.15, 0.2) is 0 Å². The van der Waals surface area contributed by atoms with Crippen LogP contribution in [0.5, 0.6) is 5.75 Å². The highest BCUT2D eigenvalue weighted by Crippen LogP contribution is 2.44. The van der Waals surface area contributed by atoms with Gasteiger partial charge in [0.1, 0.15) is 12.0 Å². The van der Waals surface area contributed by atoms with Crippen molar-refractivity contribution in [3.8, 4) is 5.75 Å². The largest absolute Gasteiger partial charge is 0.496 e. The van der Waals surface area contributed by atoms with Crippen LogP contribution >= 0.6 is 0 Å². The molecule has 3 aromatic rings. The summed E-state index contributed by atoms with van der Waals surface area (Å²) in [5, 5.41) is 1.15. The van der Waals surface area contributed by atoms with Crippen LogP contribution in [0.4, 0.5) is 14.5 Å². The van der Waals surface area contributed by atoms with Gasteiger partial charge in [-0.1, -0.05) is 24.3 Å². The number of anilines is 1. The van der Waals surface area contributed by atoms with E-state index in [1.165, 1.54) is 5.56 Å². The van der Waals surface area contributed by atoms with Gasteiger partial charge in [0.25, 0.3) is 6.43 Å². The average molecular weight is 468 g/mol. The van der Waals surface area contributed by atoms with E-state index in [9.17, 15) is 13.6 Å². The number of aromatic nitrogens is 1. The Morgan fingerprint density at radius 2 is 1.94 bits per heavy atom. The van der Waals surface area contributed by atoms with E-state index in [-0.39, 0.29) is 24.5 Å². The molecule has 0 bridgehead atoms. The van der Waals surface area contributed by atoms with Crippen LogP contribution in [0.15, 0.2) is 42.5 Å². The van der Waals surface area contributed by atoms with Gasteiger partial charge in [-0.3, -0.25) is 4.90 Å². The van der Waals surface area contributed by atoms with Gasteiger partial charge in [-0.25, -0.2) is 8.78 Å². The number of nitrogens with one attached hydrogen (secondary N) is 1. The zero-order valence-electron chi connectivity index (χ0n) is 19.6. The van der Waals surface area contributed by atoms with Crippen LogP contribution in [-0.4, -0.2) is 55.4 Å². The fourth-order valence-electron chi connectivity index (χ4n) is 5.70. The molecule has 2 atom stereocenters. The molecule has 2 aromatic carbocycles. The SMILES string of the molecule is COc1cc(N2CCC(C=O)CC2)ccc1C1c2[nH]c3ccccc3c2C[C@@H](C)N1CC(F)F. The second kappa shape index (κ2) is 9.37. The van der Waals surface area contributed by atoms with Gasteiger partial charge in [-0.05, 0) is 43.9 Å². The van der Waals surface area contributed by atoms with Crippen LogP contribution in [0, 0.1) is 5.92 Å². The van der Waals surface area contributed by atoms with Crippen molar-refractivity contribution in [3.63, 3.8) is 0 Å². The molecule has 5 rings (SSSR count). The predicted molar refractivity (Wildman–Crippen MR) is 130 cm³/mol. The summed E-state index contributed by atoms with van der Waals surface area (Å²) in [7, 11) is 1.64. The lowest BCUT2D eigenvalue weighted by Crippen LogP contribution is -2.45. The van der Waals surface area contributed by atoms with Crippen molar-refractivity contribution in [2.24, 2.45) is 5.92 Å². The molecule has 1 fully saturated rings. The molecular weight excluding hydrogens is 436 g/mol. The quantitative estimate of drug-likeness (QED) is 0.507. The Balaban J connectivity index is 1.58. The molecule has 180 valence electrons. The highest BCUT2D eigenvalue weighted by Gasteiger charge is 2.38. The van der Waals surface area contributed by atoms with Crippen molar-refractivity contribution in [1.29, 1.82) is 0 Å². The molecule has 2 aliphatic rings. The Morgan fingerprint density at radius 1 is 1.18 bits per heavy atom. The van der Waals surface area contributed by atoms with E-state index in [2.05, 4.69) is 22.0 Å². The van der Waals surface area contributed by atoms with Crippen molar-refractivity contribution >= 4 is 22.9 Å². The molecular formula is C27H31F2N3O2. The number of aldehydes is 1. The Kier molecular flexibility index (Phi) is 6.30. The lowest BCUT2D eigenvalue weighted by molar-refractivity contribution is -0.111. The average Bonchev–Trinajstić information content (AvgIpc) is 3.22. The molecule has 0 saturated carbocycles. The molecule has 1 saturated heterocycles. The molecule has 2 aliphatic heterocycles. The summed E-state index contributed by atoms with van der Waals surface area (Å²) >= 11 is 0. The zero-order valence-corrected chi connectivity index (χ0v) is 19.6. The second-order valence-electron chi connectivity index (χ2n) is 9.49. The van der Waals surface area contributed by atoms with E-state index in [0.29, 0.717) is 12.2 Å². The van der Waals surface area contributed by atoms with E-state index in [0.717, 1.165) is 60.1 Å². The minimum Gasteiger partial charge on any atom is -0.496 e. The number of para-hydroxylation sites is 1. The fraction of sp³-hybridized carbons (Fsp3) is 0.444. The predicted octanol–water partition coefficient (Wildman–Crippen LogP) is 5.19. The number of alkyl halides is 2. The van der Waals surface area contributed by atoms with Crippen LogP contribution in [0.3, 0.4) is 0 Å². The normalized spacial score (nSPS) is 21.7. The molecule has 34 heavy (non-hydrogen) atoms. The minimum absolute atomic E-state index is 0.0440. The number of nitrogens with zero attached hydrogens (tertiary/aromatic N) is 2. The molecule has 5 nitrogen and oxygen atoms in total. The van der Waals surface area contributed by atoms with Crippen molar-refractivity contribution in [3.05, 3.63) is 59.3 Å². The third-order valence-corrected chi connectivity index (χ3v) is 7.48. The fourth-order valence-corrected chi connectivity index (χ4v) is 5.70. The topological polar surface area (TPSA) is 48.6 Å². The molecule has 0 aliphatic carbocycles. The highest BCUT2D eigenvalue weighted by molar-refractivity contribution is 5.85. The summed E-state index contributed by atoms with van der Waals surface area (Å²) < 4.78 is 33.2. The molecule has 3 heterocycles. The van der Waals surface area contributed by atoms with Crippen molar-refractivity contribution in [1.82, 2.24) is 9.88 Å². The van der Waals surface area contributed by atoms with Crippen molar-refractivity contribution in [2.45, 2.75) is 44.7 Å². The van der Waals surface area contributed by atoms with Crippen LogP contribution in [-0.2, 0) is 11.2 Å². The highest BCUT2D eigenvalue weighted by atomic mass is 19.3. The smallest absolute Gasteiger partial charge is 0.251 e. The standard InChI is InChI=1S/C27H31F2N3O2/c1-17-13-22-20-5-3-4-6-23(20)30-26(22)27(32(17)15-25(28)29)21-8-7-19(14-24(21)34-2)31-11-9-18(16-33)10-12-31/h3-8,14,16-18,25,27,30H,9-13,15H2,1-2H3/t17-,27?/m1/s1. The van der Waals surface area contributed by atoms with E-state index < -0.39 is 6.43 Å². The van der Waals surface area contributed by atoms with Gasteiger partial charge in [0, 0.05) is 59.0 Å².